The van der Waals surface area contributed by atoms with Gasteiger partial charge in [0.15, 0.2) is 0 Å². The van der Waals surface area contributed by atoms with Crippen molar-refractivity contribution in [2.45, 2.75) is 46.1 Å². The first-order valence-corrected chi connectivity index (χ1v) is 11.7. The van der Waals surface area contributed by atoms with Gasteiger partial charge in [-0.05, 0) is 76.6 Å². The monoisotopic (exact) mass is 487 g/mol. The third-order valence-corrected chi connectivity index (χ3v) is 5.87. The number of aromatic amines is 1. The number of esters is 1. The van der Waals surface area contributed by atoms with Crippen LogP contribution in [0.1, 0.15) is 56.0 Å². The third kappa shape index (κ3) is 4.52. The number of carbonyl (C=O) groups excluding carboxylic acids is 2. The molecule has 0 spiro atoms. The van der Waals surface area contributed by atoms with Gasteiger partial charge >= 0.3 is 12.1 Å². The summed E-state index contributed by atoms with van der Waals surface area (Å²) in [7, 11) is 1.54. The van der Waals surface area contributed by atoms with Gasteiger partial charge in [-0.2, -0.15) is 5.26 Å². The van der Waals surface area contributed by atoms with Gasteiger partial charge < -0.3 is 19.2 Å². The number of nitrogens with zero attached hydrogens (tertiary/aromatic N) is 2. The normalized spacial score (nSPS) is 12.4. The van der Waals surface area contributed by atoms with Gasteiger partial charge in [-0.1, -0.05) is 0 Å². The molecule has 36 heavy (non-hydrogen) atoms. The zero-order valence-corrected chi connectivity index (χ0v) is 21.3. The minimum atomic E-state index is -0.865. The van der Waals surface area contributed by atoms with E-state index in [1.54, 1.807) is 50.6 Å². The first-order chi connectivity index (χ1) is 17.1. The van der Waals surface area contributed by atoms with Crippen molar-refractivity contribution in [3.8, 4) is 11.8 Å². The molecule has 0 amide bonds. The lowest BCUT2D eigenvalue weighted by molar-refractivity contribution is -0.143. The van der Waals surface area contributed by atoms with Crippen LogP contribution >= 0.6 is 0 Å². The number of ether oxygens (including phenoxy) is 3. The van der Waals surface area contributed by atoms with E-state index in [4.69, 9.17) is 14.2 Å². The predicted octanol–water partition coefficient (Wildman–Crippen LogP) is 5.79. The highest BCUT2D eigenvalue weighted by Gasteiger charge is 2.33. The number of hydrogen-bond acceptors (Lipinski definition) is 6. The van der Waals surface area contributed by atoms with Crippen LogP contribution in [0.15, 0.2) is 42.6 Å². The number of methoxy groups -OCH3 is 1. The molecule has 0 aliphatic rings. The molecule has 186 valence electrons. The van der Waals surface area contributed by atoms with Gasteiger partial charge in [-0.3, -0.25) is 9.36 Å². The van der Waals surface area contributed by atoms with Crippen LogP contribution in [0.3, 0.4) is 0 Å². The molecule has 1 unspecified atom stereocenters. The van der Waals surface area contributed by atoms with Crippen molar-refractivity contribution in [3.05, 3.63) is 65.0 Å². The maximum absolute atomic E-state index is 13.4. The number of nitriles is 1. The predicted molar refractivity (Wildman–Crippen MR) is 136 cm³/mol. The molecular weight excluding hydrogens is 458 g/mol. The van der Waals surface area contributed by atoms with Crippen LogP contribution in [0.25, 0.3) is 21.8 Å². The summed E-state index contributed by atoms with van der Waals surface area (Å²) in [4.78, 5) is 29.7. The molecule has 8 nitrogen and oxygen atoms in total. The van der Waals surface area contributed by atoms with E-state index in [2.05, 4.69) is 11.1 Å². The molecule has 4 rings (SSSR count). The quantitative estimate of drug-likeness (QED) is 0.357. The number of aromatic nitrogens is 2. The summed E-state index contributed by atoms with van der Waals surface area (Å²) in [5, 5.41) is 10.8. The summed E-state index contributed by atoms with van der Waals surface area (Å²) in [5.41, 5.74) is 3.21. The van der Waals surface area contributed by atoms with E-state index in [0.29, 0.717) is 33.5 Å². The zero-order chi connectivity index (χ0) is 26.2. The number of benzene rings is 2. The van der Waals surface area contributed by atoms with E-state index >= 15 is 0 Å². The van der Waals surface area contributed by atoms with Crippen molar-refractivity contribution in [3.63, 3.8) is 0 Å². The Labute approximate surface area is 209 Å². The number of hydrogen-bond donors (Lipinski definition) is 1. The number of fused-ring (bicyclic) bond motifs is 2. The van der Waals surface area contributed by atoms with Crippen LogP contribution in [0, 0.1) is 18.3 Å². The second-order valence-corrected chi connectivity index (χ2v) is 9.56. The number of aryl methyl sites for hydroxylation is 1. The Bertz CT molecular complexity index is 1510. The van der Waals surface area contributed by atoms with E-state index < -0.39 is 23.6 Å². The van der Waals surface area contributed by atoms with Crippen LogP contribution in [0.2, 0.25) is 0 Å². The molecular formula is C28H29N3O5. The summed E-state index contributed by atoms with van der Waals surface area (Å²) in [6.07, 6.45) is 1.13. The summed E-state index contributed by atoms with van der Waals surface area (Å²) in [6.45, 7) is 9.25. The van der Waals surface area contributed by atoms with E-state index in [-0.39, 0.29) is 6.61 Å². The first kappa shape index (κ1) is 24.9. The van der Waals surface area contributed by atoms with E-state index in [1.165, 1.54) is 4.57 Å². The Morgan fingerprint density at radius 2 is 1.92 bits per heavy atom. The van der Waals surface area contributed by atoms with Crippen LogP contribution in [-0.2, 0) is 14.3 Å². The Morgan fingerprint density at radius 3 is 2.56 bits per heavy atom. The molecule has 2 aromatic carbocycles. The van der Waals surface area contributed by atoms with Crippen LogP contribution < -0.4 is 4.74 Å². The standard InChI is InChI=1S/C28H29N3O5/c1-7-35-26(32)24(21-14-18-13-17(15-29)8-9-20(18)30-21)23-19-10-11-31(27(33)36-28(3,4)5)25(19)16(2)12-22(23)34-6/h8-14,24,30H,7H2,1-6H3. The second-order valence-electron chi connectivity index (χ2n) is 9.56. The smallest absolute Gasteiger partial charge is 0.419 e. The summed E-state index contributed by atoms with van der Waals surface area (Å²) in [5.74, 6) is -0.829. The second kappa shape index (κ2) is 9.42. The molecule has 0 aliphatic carbocycles. The highest BCUT2D eigenvalue weighted by Crippen LogP contribution is 2.41. The van der Waals surface area contributed by atoms with Crippen LogP contribution in [0.4, 0.5) is 4.79 Å². The first-order valence-electron chi connectivity index (χ1n) is 11.7. The lowest BCUT2D eigenvalue weighted by Gasteiger charge is -2.22. The van der Waals surface area contributed by atoms with Crippen molar-refractivity contribution in [1.29, 1.82) is 5.26 Å². The van der Waals surface area contributed by atoms with Gasteiger partial charge in [0.2, 0.25) is 0 Å². The highest BCUT2D eigenvalue weighted by molar-refractivity contribution is 5.99. The summed E-state index contributed by atoms with van der Waals surface area (Å²) < 4.78 is 18.3. The largest absolute Gasteiger partial charge is 0.496 e. The molecule has 1 N–H and O–H groups in total. The van der Waals surface area contributed by atoms with Gasteiger partial charge in [0.05, 0.1) is 30.9 Å². The van der Waals surface area contributed by atoms with E-state index in [1.807, 2.05) is 33.8 Å². The van der Waals surface area contributed by atoms with Crippen molar-refractivity contribution in [2.24, 2.45) is 0 Å². The van der Waals surface area contributed by atoms with Gasteiger partial charge in [-0.15, -0.1) is 0 Å². The van der Waals surface area contributed by atoms with Crippen molar-refractivity contribution in [1.82, 2.24) is 9.55 Å². The summed E-state index contributed by atoms with van der Waals surface area (Å²) >= 11 is 0. The summed E-state index contributed by atoms with van der Waals surface area (Å²) in [6, 6.07) is 12.9. The number of H-pyrrole nitrogens is 1. The molecule has 8 heteroatoms. The molecule has 0 fully saturated rings. The fourth-order valence-electron chi connectivity index (χ4n) is 4.46. The minimum Gasteiger partial charge on any atom is -0.496 e. The molecule has 2 heterocycles. The van der Waals surface area contributed by atoms with Crippen molar-refractivity contribution >= 4 is 33.9 Å². The fourth-order valence-corrected chi connectivity index (χ4v) is 4.46. The molecule has 1 atom stereocenters. The molecule has 0 saturated heterocycles. The maximum atomic E-state index is 13.4. The van der Waals surface area contributed by atoms with Gasteiger partial charge in [-0.25, -0.2) is 4.79 Å². The highest BCUT2D eigenvalue weighted by atomic mass is 16.6. The Morgan fingerprint density at radius 1 is 1.17 bits per heavy atom. The van der Waals surface area contributed by atoms with Gasteiger partial charge in [0.1, 0.15) is 17.3 Å². The Kier molecular flexibility index (Phi) is 6.51. The minimum absolute atomic E-state index is 0.199. The fraction of sp³-hybridized carbons (Fsp3) is 0.321. The molecule has 0 bridgehead atoms. The maximum Gasteiger partial charge on any atom is 0.419 e. The van der Waals surface area contributed by atoms with E-state index in [9.17, 15) is 14.9 Å². The van der Waals surface area contributed by atoms with Gasteiger partial charge in [0.25, 0.3) is 0 Å². The lowest BCUT2D eigenvalue weighted by Crippen LogP contribution is -2.27. The molecule has 4 aromatic rings. The topological polar surface area (TPSA) is 106 Å². The number of rotatable bonds is 5. The molecule has 2 aromatic heterocycles. The average Bonchev–Trinajstić information content (AvgIpc) is 3.44. The number of nitrogens with one attached hydrogen (secondary N) is 1. The van der Waals surface area contributed by atoms with Crippen LogP contribution in [0.5, 0.6) is 5.75 Å². The lowest BCUT2D eigenvalue weighted by atomic mass is 9.90. The molecule has 0 aliphatic heterocycles. The SMILES string of the molecule is CCOC(=O)C(c1cc2cc(C#N)ccc2[nH]1)c1c(OC)cc(C)c2c1ccn2C(=O)OC(C)(C)C. The number of carbonyl (C=O) groups is 2. The Balaban J connectivity index is 1.98. The zero-order valence-electron chi connectivity index (χ0n) is 21.3. The molecule has 0 radical (unpaired) electrons. The van der Waals surface area contributed by atoms with Crippen molar-refractivity contribution < 1.29 is 23.8 Å². The van der Waals surface area contributed by atoms with Crippen molar-refractivity contribution in [2.75, 3.05) is 13.7 Å². The van der Waals surface area contributed by atoms with Crippen LogP contribution in [-0.4, -0.2) is 40.9 Å². The third-order valence-electron chi connectivity index (χ3n) is 5.87. The molecule has 0 saturated carbocycles. The van der Waals surface area contributed by atoms with Gasteiger partial charge in [0, 0.05) is 33.7 Å². The van der Waals surface area contributed by atoms with E-state index in [0.717, 1.165) is 16.5 Å². The Hall–Kier alpha value is -4.25. The average molecular weight is 488 g/mol.